The first-order valence-corrected chi connectivity index (χ1v) is 13.7. The van der Waals surface area contributed by atoms with Gasteiger partial charge in [0.2, 0.25) is 0 Å². The van der Waals surface area contributed by atoms with Crippen molar-refractivity contribution in [2.45, 2.75) is 50.8 Å². The fraction of sp³-hybridized carbons (Fsp3) is 0.265. The number of benzene rings is 4. The molecule has 6 nitrogen and oxygen atoms in total. The number of hydrogen-bond acceptors (Lipinski definition) is 5. The van der Waals surface area contributed by atoms with E-state index >= 15 is 0 Å². The molecule has 0 saturated carbocycles. The molecule has 6 heteroatoms. The van der Waals surface area contributed by atoms with E-state index in [1.165, 1.54) is 0 Å². The predicted octanol–water partition coefficient (Wildman–Crippen LogP) is 5.92. The van der Waals surface area contributed by atoms with Crippen molar-refractivity contribution in [2.24, 2.45) is 0 Å². The molecule has 40 heavy (non-hydrogen) atoms. The summed E-state index contributed by atoms with van der Waals surface area (Å²) in [6.45, 7) is 1.49. The fourth-order valence-electron chi connectivity index (χ4n) is 4.74. The van der Waals surface area contributed by atoms with E-state index in [9.17, 15) is 5.21 Å². The molecule has 5 rings (SSSR count). The van der Waals surface area contributed by atoms with Crippen molar-refractivity contribution in [3.05, 3.63) is 149 Å². The summed E-state index contributed by atoms with van der Waals surface area (Å²) in [5.74, 6) is 0. The van der Waals surface area contributed by atoms with E-state index in [4.69, 9.17) is 18.9 Å². The third-order valence-electron chi connectivity index (χ3n) is 6.85. The molecule has 0 bridgehead atoms. The number of hydrogen-bond donors (Lipinski definition) is 0. The molecule has 0 unspecified atom stereocenters. The SMILES string of the molecule is [O-][N+]1=C[C@@H](OCc2ccccc2)[C@@H](OCc2ccccc2)[C@H](OCc2ccccc2)[C@@H](OCc2ccccc2)C1. The molecule has 0 saturated heterocycles. The van der Waals surface area contributed by atoms with E-state index in [1.54, 1.807) is 6.21 Å². The van der Waals surface area contributed by atoms with Gasteiger partial charge in [0.15, 0.2) is 18.9 Å². The highest BCUT2D eigenvalue weighted by Gasteiger charge is 2.43. The van der Waals surface area contributed by atoms with E-state index < -0.39 is 24.4 Å². The smallest absolute Gasteiger partial charge is 0.182 e. The monoisotopic (exact) mass is 537 g/mol. The predicted molar refractivity (Wildman–Crippen MR) is 155 cm³/mol. The Bertz CT molecular complexity index is 1300. The third-order valence-corrected chi connectivity index (χ3v) is 6.85. The quantitative estimate of drug-likeness (QED) is 0.166. The minimum Gasteiger partial charge on any atom is -0.624 e. The first-order valence-electron chi connectivity index (χ1n) is 13.7. The lowest BCUT2D eigenvalue weighted by molar-refractivity contribution is -0.469. The van der Waals surface area contributed by atoms with E-state index in [2.05, 4.69) is 0 Å². The first kappa shape index (κ1) is 27.7. The summed E-state index contributed by atoms with van der Waals surface area (Å²) >= 11 is 0. The Kier molecular flexibility index (Phi) is 10.1. The van der Waals surface area contributed by atoms with Crippen LogP contribution in [-0.2, 0) is 45.4 Å². The Hall–Kier alpha value is -3.81. The summed E-state index contributed by atoms with van der Waals surface area (Å²) in [5, 5.41) is 13.2. The van der Waals surface area contributed by atoms with Gasteiger partial charge in [-0.3, -0.25) is 0 Å². The van der Waals surface area contributed by atoms with Crippen LogP contribution < -0.4 is 0 Å². The van der Waals surface area contributed by atoms with Crippen LogP contribution in [0.4, 0.5) is 0 Å². The Morgan fingerprint density at radius 2 is 0.875 bits per heavy atom. The lowest BCUT2D eigenvalue weighted by Gasteiger charge is -2.33. The summed E-state index contributed by atoms with van der Waals surface area (Å²) < 4.78 is 26.8. The molecular weight excluding hydrogens is 502 g/mol. The van der Waals surface area contributed by atoms with Crippen molar-refractivity contribution in [2.75, 3.05) is 6.54 Å². The number of rotatable bonds is 12. The highest BCUT2D eigenvalue weighted by atomic mass is 16.6. The van der Waals surface area contributed by atoms with Crippen molar-refractivity contribution in [1.82, 2.24) is 0 Å². The summed E-state index contributed by atoms with van der Waals surface area (Å²) in [6.07, 6.45) is -0.796. The maximum Gasteiger partial charge on any atom is 0.182 e. The molecule has 0 aliphatic carbocycles. The molecular formula is C34H35NO5. The van der Waals surface area contributed by atoms with Gasteiger partial charge in [-0.15, -0.1) is 0 Å². The Labute approximate surface area is 236 Å². The van der Waals surface area contributed by atoms with Crippen LogP contribution in [0.5, 0.6) is 0 Å². The lowest BCUT2D eigenvalue weighted by Crippen LogP contribution is -2.49. The van der Waals surface area contributed by atoms with Gasteiger partial charge in [0.25, 0.3) is 0 Å². The van der Waals surface area contributed by atoms with Crippen LogP contribution in [0.15, 0.2) is 121 Å². The highest BCUT2D eigenvalue weighted by Crippen LogP contribution is 2.24. The van der Waals surface area contributed by atoms with E-state index in [-0.39, 0.29) is 6.54 Å². The molecule has 0 fully saturated rings. The van der Waals surface area contributed by atoms with Crippen LogP contribution in [0.1, 0.15) is 22.3 Å². The standard InChI is InChI=1S/C34H35NO5/c36-35-21-31(37-23-27-13-5-1-6-14-27)33(39-25-29-17-9-3-10-18-29)34(40-26-30-19-11-4-12-20-30)32(22-35)38-24-28-15-7-2-8-16-28/h1-21,31-34H,22-26H2/t31-,32+,33-,34-/m1/s1. The van der Waals surface area contributed by atoms with Crippen molar-refractivity contribution in [3.8, 4) is 0 Å². The van der Waals surface area contributed by atoms with Gasteiger partial charge in [-0.2, -0.15) is 0 Å². The highest BCUT2D eigenvalue weighted by molar-refractivity contribution is 5.59. The van der Waals surface area contributed by atoms with Crippen LogP contribution in [0, 0.1) is 5.21 Å². The molecule has 4 atom stereocenters. The zero-order valence-corrected chi connectivity index (χ0v) is 22.5. The average molecular weight is 538 g/mol. The fourth-order valence-corrected chi connectivity index (χ4v) is 4.74. The second kappa shape index (κ2) is 14.5. The van der Waals surface area contributed by atoms with Gasteiger partial charge in [-0.05, 0) is 22.3 Å². The van der Waals surface area contributed by atoms with Gasteiger partial charge in [-0.1, -0.05) is 121 Å². The molecule has 1 aliphatic heterocycles. The molecule has 0 radical (unpaired) electrons. The molecule has 1 heterocycles. The molecule has 4 aromatic rings. The Balaban J connectivity index is 1.42. The summed E-state index contributed by atoms with van der Waals surface area (Å²) in [5.41, 5.74) is 4.09. The summed E-state index contributed by atoms with van der Waals surface area (Å²) in [6, 6.07) is 39.8. The van der Waals surface area contributed by atoms with Crippen LogP contribution in [-0.4, -0.2) is 41.9 Å². The van der Waals surface area contributed by atoms with Crippen LogP contribution >= 0.6 is 0 Å². The normalized spacial score (nSPS) is 20.9. The van der Waals surface area contributed by atoms with Gasteiger partial charge in [0.1, 0.15) is 18.3 Å². The second-order valence-electron chi connectivity index (χ2n) is 9.87. The van der Waals surface area contributed by atoms with Gasteiger partial charge < -0.3 is 24.2 Å². The minimum absolute atomic E-state index is 0.0999. The Morgan fingerprint density at radius 3 is 1.32 bits per heavy atom. The van der Waals surface area contributed by atoms with Gasteiger partial charge in [0, 0.05) is 0 Å². The molecule has 0 aromatic heterocycles. The minimum atomic E-state index is -0.646. The van der Waals surface area contributed by atoms with Crippen LogP contribution in [0.3, 0.4) is 0 Å². The topological polar surface area (TPSA) is 63.0 Å². The lowest BCUT2D eigenvalue weighted by atomic mass is 10.0. The number of hydroxylamine groups is 1. The number of nitrogens with zero attached hydrogens (tertiary/aromatic N) is 1. The van der Waals surface area contributed by atoms with Crippen molar-refractivity contribution >= 4 is 6.21 Å². The van der Waals surface area contributed by atoms with E-state index in [0.29, 0.717) is 26.4 Å². The molecule has 1 aliphatic rings. The zero-order chi connectivity index (χ0) is 27.4. The summed E-state index contributed by atoms with van der Waals surface area (Å²) in [4.78, 5) is 0. The first-order chi connectivity index (χ1) is 19.7. The average Bonchev–Trinajstić information content (AvgIpc) is 3.14. The van der Waals surface area contributed by atoms with E-state index in [0.717, 1.165) is 27.0 Å². The Morgan fingerprint density at radius 1 is 0.500 bits per heavy atom. The van der Waals surface area contributed by atoms with Crippen molar-refractivity contribution in [3.63, 3.8) is 0 Å². The molecule has 0 spiro atoms. The molecule has 206 valence electrons. The summed E-state index contributed by atoms with van der Waals surface area (Å²) in [7, 11) is 0. The van der Waals surface area contributed by atoms with Gasteiger partial charge >= 0.3 is 0 Å². The molecule has 0 N–H and O–H groups in total. The van der Waals surface area contributed by atoms with Gasteiger partial charge in [-0.25, -0.2) is 4.74 Å². The largest absolute Gasteiger partial charge is 0.624 e. The maximum atomic E-state index is 13.2. The van der Waals surface area contributed by atoms with Gasteiger partial charge in [0.05, 0.1) is 26.4 Å². The van der Waals surface area contributed by atoms with Crippen LogP contribution in [0.25, 0.3) is 0 Å². The number of ether oxygens (including phenoxy) is 4. The third kappa shape index (κ3) is 8.10. The van der Waals surface area contributed by atoms with Crippen molar-refractivity contribution < 1.29 is 23.7 Å². The molecule has 4 aromatic carbocycles. The van der Waals surface area contributed by atoms with E-state index in [1.807, 2.05) is 121 Å². The van der Waals surface area contributed by atoms with Crippen molar-refractivity contribution in [1.29, 1.82) is 0 Å². The van der Waals surface area contributed by atoms with Crippen LogP contribution in [0.2, 0.25) is 0 Å². The maximum absolute atomic E-state index is 13.2. The molecule has 0 amide bonds. The second-order valence-corrected chi connectivity index (χ2v) is 9.87. The zero-order valence-electron chi connectivity index (χ0n) is 22.5.